The molecule has 0 aliphatic heterocycles. The first kappa shape index (κ1) is 24.1. The van der Waals surface area contributed by atoms with Crippen LogP contribution in [0.2, 0.25) is 0 Å². The van der Waals surface area contributed by atoms with Crippen molar-refractivity contribution in [1.29, 1.82) is 0 Å². The smallest absolute Gasteiger partial charge is 0.290 e. The lowest BCUT2D eigenvalue weighted by Crippen LogP contribution is -2.39. The maximum absolute atomic E-state index is 12.6. The zero-order chi connectivity index (χ0) is 23.6. The summed E-state index contributed by atoms with van der Waals surface area (Å²) in [6.45, 7) is 2.23. The molecule has 0 spiro atoms. The second kappa shape index (κ2) is 11.9. The molecule has 174 valence electrons. The minimum atomic E-state index is -0.408. The van der Waals surface area contributed by atoms with E-state index in [2.05, 4.69) is 15.6 Å². The molecule has 0 aliphatic rings. The van der Waals surface area contributed by atoms with Crippen molar-refractivity contribution in [2.24, 2.45) is 0 Å². The number of anilines is 1. The van der Waals surface area contributed by atoms with Crippen molar-refractivity contribution < 1.29 is 23.5 Å². The molecular weight excluding hydrogens is 444 g/mol. The Labute approximate surface area is 195 Å². The van der Waals surface area contributed by atoms with Gasteiger partial charge in [0.25, 0.3) is 5.91 Å². The summed E-state index contributed by atoms with van der Waals surface area (Å²) in [7, 11) is 1.52. The number of nitrogens with zero attached hydrogens (tertiary/aromatic N) is 2. The van der Waals surface area contributed by atoms with E-state index in [1.54, 1.807) is 11.4 Å². The Morgan fingerprint density at radius 3 is 2.64 bits per heavy atom. The van der Waals surface area contributed by atoms with Crippen molar-refractivity contribution in [2.45, 2.75) is 19.4 Å². The van der Waals surface area contributed by atoms with Gasteiger partial charge in [-0.2, -0.15) is 0 Å². The number of ether oxygens (including phenoxy) is 1. The summed E-state index contributed by atoms with van der Waals surface area (Å²) in [6.07, 6.45) is 1.50. The van der Waals surface area contributed by atoms with E-state index in [1.807, 2.05) is 37.3 Å². The Morgan fingerprint density at radius 1 is 1.15 bits per heavy atom. The molecule has 0 bridgehead atoms. The van der Waals surface area contributed by atoms with E-state index in [0.717, 1.165) is 5.56 Å². The van der Waals surface area contributed by atoms with Crippen molar-refractivity contribution >= 4 is 34.2 Å². The highest BCUT2D eigenvalue weighted by atomic mass is 32.1. The average Bonchev–Trinajstić information content (AvgIpc) is 3.49. The van der Waals surface area contributed by atoms with Crippen LogP contribution < -0.4 is 10.6 Å². The van der Waals surface area contributed by atoms with Gasteiger partial charge in [0.2, 0.25) is 11.8 Å². The van der Waals surface area contributed by atoms with E-state index >= 15 is 0 Å². The molecule has 1 aromatic carbocycles. The summed E-state index contributed by atoms with van der Waals surface area (Å²) in [4.78, 5) is 43.1. The number of furan rings is 1. The third-order valence-electron chi connectivity index (χ3n) is 4.74. The van der Waals surface area contributed by atoms with Crippen LogP contribution in [0.3, 0.4) is 0 Å². The molecule has 33 heavy (non-hydrogen) atoms. The fraction of sp³-hybridized carbons (Fsp3) is 0.304. The van der Waals surface area contributed by atoms with Crippen molar-refractivity contribution in [2.75, 3.05) is 32.1 Å². The highest BCUT2D eigenvalue weighted by molar-refractivity contribution is 7.13. The van der Waals surface area contributed by atoms with Crippen LogP contribution in [-0.4, -0.2) is 54.4 Å². The molecule has 0 radical (unpaired) electrons. The summed E-state index contributed by atoms with van der Waals surface area (Å²) in [5, 5.41) is 7.70. The number of aromatic nitrogens is 1. The van der Waals surface area contributed by atoms with Gasteiger partial charge in [-0.25, -0.2) is 4.98 Å². The van der Waals surface area contributed by atoms with Crippen LogP contribution in [0.1, 0.15) is 34.8 Å². The summed E-state index contributed by atoms with van der Waals surface area (Å²) >= 11 is 1.22. The molecule has 9 nitrogen and oxygen atoms in total. The monoisotopic (exact) mass is 470 g/mol. The average molecular weight is 471 g/mol. The van der Waals surface area contributed by atoms with Crippen LogP contribution in [-0.2, 0) is 20.7 Å². The Morgan fingerprint density at radius 2 is 1.94 bits per heavy atom. The molecule has 2 N–H and O–H groups in total. The van der Waals surface area contributed by atoms with Crippen molar-refractivity contribution in [3.63, 3.8) is 0 Å². The first-order valence-corrected chi connectivity index (χ1v) is 11.2. The van der Waals surface area contributed by atoms with Gasteiger partial charge in [0.05, 0.1) is 31.0 Å². The number of amides is 3. The molecular formula is C23H26N4O5S. The molecule has 1 unspecified atom stereocenters. The van der Waals surface area contributed by atoms with E-state index in [9.17, 15) is 14.4 Å². The first-order chi connectivity index (χ1) is 16.0. The second-order valence-electron chi connectivity index (χ2n) is 7.27. The summed E-state index contributed by atoms with van der Waals surface area (Å²) in [6, 6.07) is 12.7. The van der Waals surface area contributed by atoms with Gasteiger partial charge in [-0.05, 0) is 24.6 Å². The van der Waals surface area contributed by atoms with Gasteiger partial charge in [-0.1, -0.05) is 30.3 Å². The van der Waals surface area contributed by atoms with Gasteiger partial charge in [0.15, 0.2) is 10.9 Å². The summed E-state index contributed by atoms with van der Waals surface area (Å²) < 4.78 is 10.2. The number of thiazole rings is 1. The van der Waals surface area contributed by atoms with Crippen molar-refractivity contribution in [1.82, 2.24) is 15.2 Å². The number of carbonyl (C=O) groups excluding carboxylic acids is 3. The van der Waals surface area contributed by atoms with Crippen LogP contribution in [0.4, 0.5) is 5.13 Å². The van der Waals surface area contributed by atoms with Crippen LogP contribution in [0.5, 0.6) is 0 Å². The highest BCUT2D eigenvalue weighted by Crippen LogP contribution is 2.17. The van der Waals surface area contributed by atoms with Crippen molar-refractivity contribution in [3.05, 3.63) is 71.1 Å². The molecule has 0 saturated carbocycles. The van der Waals surface area contributed by atoms with E-state index in [4.69, 9.17) is 9.15 Å². The number of carbonyl (C=O) groups is 3. The molecule has 0 saturated heterocycles. The lowest BCUT2D eigenvalue weighted by atomic mass is 10.1. The molecule has 0 aliphatic carbocycles. The standard InChI is InChI=1S/C23H26N4O5S/c1-16(17-7-4-3-5-8-17)24-20(28)13-18-15-33-23(25-18)26-21(29)14-27(10-12-31-2)22(30)19-9-6-11-32-19/h3-9,11,15-16H,10,12-14H2,1-2H3,(H,24,28)(H,25,26,29). The van der Waals surface area contributed by atoms with Crippen LogP contribution in [0.25, 0.3) is 0 Å². The van der Waals surface area contributed by atoms with Gasteiger partial charge in [0, 0.05) is 19.0 Å². The minimum Gasteiger partial charge on any atom is -0.459 e. The first-order valence-electron chi connectivity index (χ1n) is 10.4. The number of rotatable bonds is 11. The van der Waals surface area contributed by atoms with Gasteiger partial charge in [-0.15, -0.1) is 11.3 Å². The maximum atomic E-state index is 12.6. The molecule has 2 aromatic heterocycles. The minimum absolute atomic E-state index is 0.0977. The topological polar surface area (TPSA) is 114 Å². The Bertz CT molecular complexity index is 1050. The molecule has 0 fully saturated rings. The quantitative estimate of drug-likeness (QED) is 0.445. The Kier molecular flexibility index (Phi) is 8.73. The van der Waals surface area contributed by atoms with Crippen LogP contribution in [0.15, 0.2) is 58.5 Å². The zero-order valence-corrected chi connectivity index (χ0v) is 19.3. The number of hydrogen-bond acceptors (Lipinski definition) is 7. The van der Waals surface area contributed by atoms with E-state index < -0.39 is 11.8 Å². The number of hydrogen-bond donors (Lipinski definition) is 2. The number of nitrogens with one attached hydrogen (secondary N) is 2. The zero-order valence-electron chi connectivity index (χ0n) is 18.4. The summed E-state index contributed by atoms with van der Waals surface area (Å²) in [5.74, 6) is -0.833. The normalized spacial score (nSPS) is 11.6. The van der Waals surface area contributed by atoms with Gasteiger partial charge in [-0.3, -0.25) is 14.4 Å². The molecule has 3 rings (SSSR count). The lowest BCUT2D eigenvalue weighted by molar-refractivity contribution is -0.121. The second-order valence-corrected chi connectivity index (χ2v) is 8.12. The SMILES string of the molecule is COCCN(CC(=O)Nc1nc(CC(=O)NC(C)c2ccccc2)cs1)C(=O)c1ccco1. The predicted octanol–water partition coefficient (Wildman–Crippen LogP) is 2.88. The van der Waals surface area contributed by atoms with Crippen LogP contribution >= 0.6 is 11.3 Å². The predicted molar refractivity (Wildman–Crippen MR) is 124 cm³/mol. The molecule has 10 heteroatoms. The molecule has 1 atom stereocenters. The molecule has 3 amide bonds. The third-order valence-corrected chi connectivity index (χ3v) is 5.54. The Balaban J connectivity index is 1.52. The molecule has 3 aromatic rings. The van der Waals surface area contributed by atoms with Gasteiger partial charge >= 0.3 is 0 Å². The van der Waals surface area contributed by atoms with E-state index in [-0.39, 0.29) is 43.8 Å². The number of benzene rings is 1. The fourth-order valence-corrected chi connectivity index (χ4v) is 3.80. The summed E-state index contributed by atoms with van der Waals surface area (Å²) in [5.41, 5.74) is 1.56. The Hall–Kier alpha value is -3.50. The van der Waals surface area contributed by atoms with Crippen LogP contribution in [0, 0.1) is 0 Å². The van der Waals surface area contributed by atoms with E-state index in [0.29, 0.717) is 10.8 Å². The van der Waals surface area contributed by atoms with Crippen molar-refractivity contribution in [3.8, 4) is 0 Å². The largest absolute Gasteiger partial charge is 0.459 e. The van der Waals surface area contributed by atoms with E-state index in [1.165, 1.54) is 35.7 Å². The highest BCUT2D eigenvalue weighted by Gasteiger charge is 2.21. The molecule has 2 heterocycles. The lowest BCUT2D eigenvalue weighted by Gasteiger charge is -2.20. The van der Waals surface area contributed by atoms with Gasteiger partial charge < -0.3 is 24.7 Å². The maximum Gasteiger partial charge on any atom is 0.290 e. The fourth-order valence-electron chi connectivity index (χ4n) is 3.07. The van der Waals surface area contributed by atoms with Gasteiger partial charge in [0.1, 0.15) is 6.54 Å². The third kappa shape index (κ3) is 7.26. The number of methoxy groups -OCH3 is 1.